The van der Waals surface area contributed by atoms with Gasteiger partial charge in [-0.2, -0.15) is 0 Å². The Hall–Kier alpha value is -1.56. The van der Waals surface area contributed by atoms with Crippen molar-refractivity contribution in [2.75, 3.05) is 6.54 Å². The minimum Gasteiger partial charge on any atom is -0.330 e. The summed E-state index contributed by atoms with van der Waals surface area (Å²) < 4.78 is 26.7. The third kappa shape index (κ3) is 2.65. The van der Waals surface area contributed by atoms with Gasteiger partial charge in [0.1, 0.15) is 0 Å². The summed E-state index contributed by atoms with van der Waals surface area (Å²) in [6.45, 7) is 2.06. The Morgan fingerprint density at radius 1 is 1.30 bits per heavy atom. The van der Waals surface area contributed by atoms with Crippen molar-refractivity contribution in [2.24, 2.45) is 5.73 Å². The van der Waals surface area contributed by atoms with Crippen LogP contribution in [0.4, 0.5) is 14.5 Å². The van der Waals surface area contributed by atoms with E-state index in [1.165, 1.54) is 12.1 Å². The summed E-state index contributed by atoms with van der Waals surface area (Å²) in [7, 11) is 0. The summed E-state index contributed by atoms with van der Waals surface area (Å²) in [5, 5.41) is 10.9. The van der Waals surface area contributed by atoms with E-state index in [9.17, 15) is 18.9 Å². The molecule has 110 valence electrons. The molecule has 0 saturated heterocycles. The molecule has 1 fully saturated rings. The average molecular weight is 284 g/mol. The highest BCUT2D eigenvalue weighted by Crippen LogP contribution is 2.46. The molecule has 1 aromatic rings. The first-order chi connectivity index (χ1) is 9.30. The Kier molecular flexibility index (Phi) is 3.77. The number of nitrogens with two attached hydrogens (primary N) is 1. The van der Waals surface area contributed by atoms with Crippen molar-refractivity contribution < 1.29 is 13.7 Å². The standard InChI is InChI=1S/C14H18F2N2O2/c1-10-2-3-11(18(19)20)8-12(10)13(9-17)4-6-14(15,16)7-5-13/h2-3,8H,4-7,9,17H2,1H3. The van der Waals surface area contributed by atoms with E-state index >= 15 is 0 Å². The lowest BCUT2D eigenvalue weighted by atomic mass is 9.67. The van der Waals surface area contributed by atoms with Gasteiger partial charge in [0.2, 0.25) is 5.92 Å². The molecule has 1 aliphatic rings. The Morgan fingerprint density at radius 2 is 1.90 bits per heavy atom. The predicted molar refractivity (Wildman–Crippen MR) is 72.0 cm³/mol. The molecular formula is C14H18F2N2O2. The molecule has 6 heteroatoms. The minimum absolute atomic E-state index is 0.0178. The van der Waals surface area contributed by atoms with E-state index in [0.717, 1.165) is 11.1 Å². The normalized spacial score (nSPS) is 20.6. The maximum Gasteiger partial charge on any atom is 0.269 e. The molecule has 1 aromatic carbocycles. The summed E-state index contributed by atoms with van der Waals surface area (Å²) in [5.74, 6) is -2.65. The van der Waals surface area contributed by atoms with E-state index in [0.29, 0.717) is 0 Å². The number of benzene rings is 1. The molecule has 2 rings (SSSR count). The van der Waals surface area contributed by atoms with Crippen molar-refractivity contribution in [1.29, 1.82) is 0 Å². The number of rotatable bonds is 3. The number of nitro groups is 1. The molecule has 4 nitrogen and oxygen atoms in total. The third-order valence-corrected chi connectivity index (χ3v) is 4.33. The van der Waals surface area contributed by atoms with Gasteiger partial charge < -0.3 is 5.73 Å². The van der Waals surface area contributed by atoms with Crippen LogP contribution < -0.4 is 5.73 Å². The number of non-ortho nitro benzene ring substituents is 1. The van der Waals surface area contributed by atoms with Gasteiger partial charge in [-0.15, -0.1) is 0 Å². The van der Waals surface area contributed by atoms with Crippen molar-refractivity contribution in [3.63, 3.8) is 0 Å². The van der Waals surface area contributed by atoms with Crippen LogP contribution in [-0.2, 0) is 5.41 Å². The lowest BCUT2D eigenvalue weighted by Crippen LogP contribution is -2.42. The van der Waals surface area contributed by atoms with Crippen LogP contribution in [0.2, 0.25) is 0 Å². The summed E-state index contributed by atoms with van der Waals surface area (Å²) in [6.07, 6.45) is 0.0929. The summed E-state index contributed by atoms with van der Waals surface area (Å²) in [6, 6.07) is 4.59. The Labute approximate surface area is 116 Å². The minimum atomic E-state index is -2.65. The second-order valence-corrected chi connectivity index (χ2v) is 5.60. The number of hydrogen-bond acceptors (Lipinski definition) is 3. The zero-order valence-electron chi connectivity index (χ0n) is 11.4. The molecule has 1 saturated carbocycles. The molecule has 0 bridgehead atoms. The summed E-state index contributed by atoms with van der Waals surface area (Å²) in [5.41, 5.74) is 6.86. The molecular weight excluding hydrogens is 266 g/mol. The van der Waals surface area contributed by atoms with E-state index < -0.39 is 16.3 Å². The second-order valence-electron chi connectivity index (χ2n) is 5.60. The van der Waals surface area contributed by atoms with Crippen LogP contribution in [0.3, 0.4) is 0 Å². The zero-order valence-corrected chi connectivity index (χ0v) is 11.4. The highest BCUT2D eigenvalue weighted by Gasteiger charge is 2.44. The number of alkyl halides is 2. The van der Waals surface area contributed by atoms with Gasteiger partial charge in [-0.1, -0.05) is 6.07 Å². The van der Waals surface area contributed by atoms with Gasteiger partial charge in [0.15, 0.2) is 0 Å². The van der Waals surface area contributed by atoms with Crippen molar-refractivity contribution in [3.8, 4) is 0 Å². The van der Waals surface area contributed by atoms with Crippen molar-refractivity contribution in [3.05, 3.63) is 39.4 Å². The van der Waals surface area contributed by atoms with Gasteiger partial charge in [-0.25, -0.2) is 8.78 Å². The molecule has 0 amide bonds. The van der Waals surface area contributed by atoms with Crippen LogP contribution >= 0.6 is 0 Å². The quantitative estimate of drug-likeness (QED) is 0.684. The third-order valence-electron chi connectivity index (χ3n) is 4.33. The Balaban J connectivity index is 2.42. The van der Waals surface area contributed by atoms with Gasteiger partial charge >= 0.3 is 0 Å². The first-order valence-corrected chi connectivity index (χ1v) is 6.63. The van der Waals surface area contributed by atoms with Gasteiger partial charge in [-0.3, -0.25) is 10.1 Å². The first-order valence-electron chi connectivity index (χ1n) is 6.63. The molecule has 0 atom stereocenters. The van der Waals surface area contributed by atoms with Gasteiger partial charge in [-0.05, 0) is 30.9 Å². The molecule has 20 heavy (non-hydrogen) atoms. The number of nitro benzene ring substituents is 1. The molecule has 0 aliphatic heterocycles. The number of hydrogen-bond donors (Lipinski definition) is 1. The van der Waals surface area contributed by atoms with Crippen LogP contribution in [0.5, 0.6) is 0 Å². The predicted octanol–water partition coefficient (Wildman–Crippen LogP) is 3.31. The Morgan fingerprint density at radius 3 is 2.40 bits per heavy atom. The molecule has 0 heterocycles. The molecule has 0 aromatic heterocycles. The molecule has 0 radical (unpaired) electrons. The van der Waals surface area contributed by atoms with Crippen LogP contribution in [-0.4, -0.2) is 17.4 Å². The fourth-order valence-electron chi connectivity index (χ4n) is 2.97. The molecule has 2 N–H and O–H groups in total. The zero-order chi connectivity index (χ0) is 15.0. The Bertz CT molecular complexity index is 522. The van der Waals surface area contributed by atoms with Crippen molar-refractivity contribution >= 4 is 5.69 Å². The largest absolute Gasteiger partial charge is 0.330 e. The van der Waals surface area contributed by atoms with E-state index in [1.807, 2.05) is 6.92 Å². The topological polar surface area (TPSA) is 69.2 Å². The highest BCUT2D eigenvalue weighted by molar-refractivity contribution is 5.44. The maximum atomic E-state index is 13.4. The lowest BCUT2D eigenvalue weighted by Gasteiger charge is -2.40. The van der Waals surface area contributed by atoms with E-state index in [1.54, 1.807) is 6.07 Å². The molecule has 0 spiro atoms. The van der Waals surface area contributed by atoms with Crippen LogP contribution in [0.1, 0.15) is 36.8 Å². The summed E-state index contributed by atoms with van der Waals surface area (Å²) in [4.78, 5) is 10.4. The van der Waals surface area contributed by atoms with Gasteiger partial charge in [0.25, 0.3) is 5.69 Å². The van der Waals surface area contributed by atoms with Crippen LogP contribution in [0.25, 0.3) is 0 Å². The number of halogens is 2. The number of aryl methyl sites for hydroxylation is 1. The van der Waals surface area contributed by atoms with E-state index in [2.05, 4.69) is 0 Å². The number of nitrogens with zero attached hydrogens (tertiary/aromatic N) is 1. The maximum absolute atomic E-state index is 13.4. The average Bonchev–Trinajstić information content (AvgIpc) is 2.40. The van der Waals surface area contributed by atoms with Gasteiger partial charge in [0, 0.05) is 36.9 Å². The molecule has 1 aliphatic carbocycles. The van der Waals surface area contributed by atoms with Gasteiger partial charge in [0.05, 0.1) is 4.92 Å². The molecule has 0 unspecified atom stereocenters. The van der Waals surface area contributed by atoms with E-state index in [-0.39, 0.29) is 37.9 Å². The smallest absolute Gasteiger partial charge is 0.269 e. The second kappa shape index (κ2) is 5.09. The highest BCUT2D eigenvalue weighted by atomic mass is 19.3. The van der Waals surface area contributed by atoms with Crippen molar-refractivity contribution in [2.45, 2.75) is 43.9 Å². The SMILES string of the molecule is Cc1ccc([N+](=O)[O-])cc1C1(CN)CCC(F)(F)CC1. The fraction of sp³-hybridized carbons (Fsp3) is 0.571. The van der Waals surface area contributed by atoms with Crippen LogP contribution in [0, 0.1) is 17.0 Å². The van der Waals surface area contributed by atoms with Crippen LogP contribution in [0.15, 0.2) is 18.2 Å². The first kappa shape index (κ1) is 14.8. The van der Waals surface area contributed by atoms with E-state index in [4.69, 9.17) is 5.73 Å². The fourth-order valence-corrected chi connectivity index (χ4v) is 2.97. The monoisotopic (exact) mass is 284 g/mol. The van der Waals surface area contributed by atoms with Crippen molar-refractivity contribution in [1.82, 2.24) is 0 Å². The summed E-state index contributed by atoms with van der Waals surface area (Å²) >= 11 is 0. The lowest BCUT2D eigenvalue weighted by molar-refractivity contribution is -0.385.